The van der Waals surface area contributed by atoms with E-state index in [1.165, 1.54) is 0 Å². The molecule has 0 aromatic heterocycles. The minimum Gasteiger partial charge on any atom is -0.379 e. The second-order valence-corrected chi connectivity index (χ2v) is 6.28. The average molecular weight is 348 g/mol. The summed E-state index contributed by atoms with van der Waals surface area (Å²) in [5, 5.41) is 5.32. The van der Waals surface area contributed by atoms with Crippen molar-refractivity contribution in [1.29, 1.82) is 0 Å². The fraction of sp³-hybridized carbons (Fsp3) is 0.556. The number of hydrogen-bond donors (Lipinski definition) is 2. The maximum atomic E-state index is 11.8. The van der Waals surface area contributed by atoms with Gasteiger partial charge in [-0.15, -0.1) is 0 Å². The quantitative estimate of drug-likeness (QED) is 0.671. The smallest absolute Gasteiger partial charge is 0.309 e. The van der Waals surface area contributed by atoms with Crippen molar-refractivity contribution >= 4 is 17.5 Å². The number of nitrogens with zero attached hydrogens (tertiary/aromatic N) is 2. The molecule has 1 aliphatic rings. The maximum Gasteiger partial charge on any atom is 0.309 e. The highest BCUT2D eigenvalue weighted by Crippen LogP contribution is 2.12. The number of hydrogen-bond acceptors (Lipinski definition) is 5. The van der Waals surface area contributed by atoms with Gasteiger partial charge in [-0.05, 0) is 24.1 Å². The van der Waals surface area contributed by atoms with Crippen molar-refractivity contribution < 1.29 is 14.3 Å². The van der Waals surface area contributed by atoms with Crippen LogP contribution in [0.15, 0.2) is 24.3 Å². The van der Waals surface area contributed by atoms with Crippen LogP contribution in [0.1, 0.15) is 5.56 Å². The van der Waals surface area contributed by atoms with Crippen LogP contribution in [0, 0.1) is 0 Å². The molecule has 25 heavy (non-hydrogen) atoms. The standard InChI is InChI=1S/C18H28N4O3/c1-21(2)16-5-3-15(4-6-16)7-8-19-17(23)18(24)20-9-10-22-11-13-25-14-12-22/h3-6H,7-14H2,1-2H3,(H,19,23)(H,20,24). The number of anilines is 1. The summed E-state index contributed by atoms with van der Waals surface area (Å²) in [6.45, 7) is 4.84. The first-order chi connectivity index (χ1) is 12.1. The highest BCUT2D eigenvalue weighted by molar-refractivity contribution is 6.35. The molecule has 0 unspecified atom stereocenters. The lowest BCUT2D eigenvalue weighted by Gasteiger charge is -2.26. The lowest BCUT2D eigenvalue weighted by Crippen LogP contribution is -2.45. The van der Waals surface area contributed by atoms with Gasteiger partial charge in [0.15, 0.2) is 0 Å². The third-order valence-electron chi connectivity index (χ3n) is 4.18. The average Bonchev–Trinajstić information content (AvgIpc) is 2.63. The largest absolute Gasteiger partial charge is 0.379 e. The van der Waals surface area contributed by atoms with Crippen molar-refractivity contribution in [3.05, 3.63) is 29.8 Å². The zero-order chi connectivity index (χ0) is 18.1. The van der Waals surface area contributed by atoms with Crippen LogP contribution >= 0.6 is 0 Å². The summed E-state index contributed by atoms with van der Waals surface area (Å²) in [6.07, 6.45) is 0.695. The van der Waals surface area contributed by atoms with E-state index >= 15 is 0 Å². The summed E-state index contributed by atoms with van der Waals surface area (Å²) in [5.74, 6) is -1.15. The van der Waals surface area contributed by atoms with E-state index in [2.05, 4.69) is 15.5 Å². The lowest BCUT2D eigenvalue weighted by molar-refractivity contribution is -0.139. The number of carbonyl (C=O) groups excluding carboxylic acids is 2. The van der Waals surface area contributed by atoms with Crippen LogP contribution in [0.25, 0.3) is 0 Å². The molecule has 138 valence electrons. The second kappa shape index (κ2) is 10.0. The van der Waals surface area contributed by atoms with Crippen molar-refractivity contribution in [2.24, 2.45) is 0 Å². The van der Waals surface area contributed by atoms with Crippen molar-refractivity contribution in [3.63, 3.8) is 0 Å². The monoisotopic (exact) mass is 348 g/mol. The number of carbonyl (C=O) groups is 2. The number of nitrogens with one attached hydrogen (secondary N) is 2. The van der Waals surface area contributed by atoms with Crippen LogP contribution in [0.5, 0.6) is 0 Å². The van der Waals surface area contributed by atoms with Gasteiger partial charge in [0.05, 0.1) is 13.2 Å². The minimum absolute atomic E-state index is 0.441. The summed E-state index contributed by atoms with van der Waals surface area (Å²) in [6, 6.07) is 8.14. The van der Waals surface area contributed by atoms with Crippen LogP contribution < -0.4 is 15.5 Å². The Morgan fingerprint density at radius 2 is 1.64 bits per heavy atom. The van der Waals surface area contributed by atoms with Gasteiger partial charge in [-0.25, -0.2) is 0 Å². The molecule has 7 heteroatoms. The molecule has 1 aromatic rings. The van der Waals surface area contributed by atoms with Crippen molar-refractivity contribution in [2.75, 3.05) is 64.9 Å². The van der Waals surface area contributed by atoms with Crippen molar-refractivity contribution in [3.8, 4) is 0 Å². The van der Waals surface area contributed by atoms with E-state index in [0.29, 0.717) is 19.5 Å². The number of ether oxygens (including phenoxy) is 1. The molecule has 0 radical (unpaired) electrons. The minimum atomic E-state index is -0.577. The highest BCUT2D eigenvalue weighted by atomic mass is 16.5. The molecule has 1 aliphatic heterocycles. The predicted octanol–water partition coefficient (Wildman–Crippen LogP) is -0.140. The molecule has 0 aliphatic carbocycles. The van der Waals surface area contributed by atoms with E-state index in [4.69, 9.17) is 4.74 Å². The summed E-state index contributed by atoms with van der Waals surface area (Å²) in [7, 11) is 3.99. The molecule has 2 N–H and O–H groups in total. The molecular formula is C18H28N4O3. The first-order valence-corrected chi connectivity index (χ1v) is 8.68. The molecule has 1 aromatic carbocycles. The van der Waals surface area contributed by atoms with E-state index in [1.54, 1.807) is 0 Å². The third kappa shape index (κ3) is 6.72. The molecule has 0 bridgehead atoms. The van der Waals surface area contributed by atoms with E-state index < -0.39 is 11.8 Å². The summed E-state index contributed by atoms with van der Waals surface area (Å²) in [4.78, 5) is 27.8. The fourth-order valence-corrected chi connectivity index (χ4v) is 2.59. The number of rotatable bonds is 7. The van der Waals surface area contributed by atoms with Crippen molar-refractivity contribution in [2.45, 2.75) is 6.42 Å². The maximum absolute atomic E-state index is 11.8. The van der Waals surface area contributed by atoms with Crippen LogP contribution in [0.2, 0.25) is 0 Å². The first kappa shape index (κ1) is 19.2. The number of morpholine rings is 1. The molecule has 1 fully saturated rings. The van der Waals surface area contributed by atoms with Gasteiger partial charge in [-0.1, -0.05) is 12.1 Å². The van der Waals surface area contributed by atoms with Crippen LogP contribution in [0.3, 0.4) is 0 Å². The second-order valence-electron chi connectivity index (χ2n) is 6.28. The highest BCUT2D eigenvalue weighted by Gasteiger charge is 2.14. The SMILES string of the molecule is CN(C)c1ccc(CCNC(=O)C(=O)NCCN2CCOCC2)cc1. The van der Waals surface area contributed by atoms with Gasteiger partial charge in [0.2, 0.25) is 0 Å². The third-order valence-corrected chi connectivity index (χ3v) is 4.18. The van der Waals surface area contributed by atoms with E-state index in [9.17, 15) is 9.59 Å². The van der Waals surface area contributed by atoms with E-state index in [0.717, 1.165) is 44.1 Å². The molecule has 1 saturated heterocycles. The fourth-order valence-electron chi connectivity index (χ4n) is 2.59. The molecule has 7 nitrogen and oxygen atoms in total. The summed E-state index contributed by atoms with van der Waals surface area (Å²) in [5.41, 5.74) is 2.26. The summed E-state index contributed by atoms with van der Waals surface area (Å²) < 4.78 is 5.27. The van der Waals surface area contributed by atoms with Gasteiger partial charge in [0.25, 0.3) is 0 Å². The van der Waals surface area contributed by atoms with E-state index in [1.807, 2.05) is 43.3 Å². The molecule has 0 spiro atoms. The Morgan fingerprint density at radius 1 is 1.04 bits per heavy atom. The first-order valence-electron chi connectivity index (χ1n) is 8.68. The van der Waals surface area contributed by atoms with Gasteiger partial charge in [-0.3, -0.25) is 14.5 Å². The van der Waals surface area contributed by atoms with Crippen LogP contribution in [-0.4, -0.2) is 76.7 Å². The van der Waals surface area contributed by atoms with Crippen LogP contribution in [-0.2, 0) is 20.7 Å². The Hall–Kier alpha value is -2.12. The van der Waals surface area contributed by atoms with Crippen molar-refractivity contribution in [1.82, 2.24) is 15.5 Å². The van der Waals surface area contributed by atoms with Crippen LogP contribution in [0.4, 0.5) is 5.69 Å². The Balaban J connectivity index is 1.61. The zero-order valence-electron chi connectivity index (χ0n) is 15.1. The molecule has 2 amide bonds. The summed E-state index contributed by atoms with van der Waals surface area (Å²) >= 11 is 0. The number of amides is 2. The predicted molar refractivity (Wildman–Crippen MR) is 97.8 cm³/mol. The van der Waals surface area contributed by atoms with Gasteiger partial charge < -0.3 is 20.3 Å². The topological polar surface area (TPSA) is 73.9 Å². The zero-order valence-corrected chi connectivity index (χ0v) is 15.1. The Labute approximate surface area is 149 Å². The molecule has 0 atom stereocenters. The number of benzene rings is 1. The Kier molecular flexibility index (Phi) is 7.69. The normalized spacial score (nSPS) is 14.8. The molecule has 2 rings (SSSR count). The van der Waals surface area contributed by atoms with Gasteiger partial charge in [0.1, 0.15) is 0 Å². The van der Waals surface area contributed by atoms with Gasteiger partial charge in [-0.2, -0.15) is 0 Å². The molecule has 1 heterocycles. The molecular weight excluding hydrogens is 320 g/mol. The Bertz CT molecular complexity index is 554. The van der Waals surface area contributed by atoms with Gasteiger partial charge in [0, 0.05) is 52.5 Å². The Morgan fingerprint density at radius 3 is 2.24 bits per heavy atom. The van der Waals surface area contributed by atoms with Gasteiger partial charge >= 0.3 is 11.8 Å². The molecule has 0 saturated carbocycles. The lowest BCUT2D eigenvalue weighted by atomic mass is 10.1. The van der Waals surface area contributed by atoms with E-state index in [-0.39, 0.29) is 0 Å².